The topological polar surface area (TPSA) is 80.6 Å². The van der Waals surface area contributed by atoms with Gasteiger partial charge in [-0.25, -0.2) is 4.39 Å². The van der Waals surface area contributed by atoms with Gasteiger partial charge in [-0.2, -0.15) is 0 Å². The van der Waals surface area contributed by atoms with Crippen molar-refractivity contribution in [2.24, 2.45) is 5.41 Å². The van der Waals surface area contributed by atoms with Gasteiger partial charge in [-0.05, 0) is 52.2 Å². The van der Waals surface area contributed by atoms with E-state index in [1.54, 1.807) is 18.2 Å². The van der Waals surface area contributed by atoms with Gasteiger partial charge in [-0.15, -0.1) is 0 Å². The summed E-state index contributed by atoms with van der Waals surface area (Å²) in [5.74, 6) is -1.45. The first-order valence-corrected chi connectivity index (χ1v) is 10.5. The number of aliphatic hydroxyl groups excluding tert-OH is 2. The summed E-state index contributed by atoms with van der Waals surface area (Å²) in [7, 11) is 0. The monoisotopic (exact) mass is 446 g/mol. The molecule has 0 aliphatic heterocycles. The number of aliphatic hydroxyl groups is 2. The first-order valence-electron chi connectivity index (χ1n) is 10.5. The van der Waals surface area contributed by atoms with Gasteiger partial charge >= 0.3 is 29.6 Å². The van der Waals surface area contributed by atoms with Gasteiger partial charge in [0.25, 0.3) is 0 Å². The van der Waals surface area contributed by atoms with Crippen LogP contribution >= 0.6 is 0 Å². The van der Waals surface area contributed by atoms with Gasteiger partial charge in [0.1, 0.15) is 5.82 Å². The second-order valence-corrected chi connectivity index (χ2v) is 8.68. The van der Waals surface area contributed by atoms with Crippen molar-refractivity contribution in [2.45, 2.75) is 51.2 Å². The van der Waals surface area contributed by atoms with Crippen LogP contribution in [-0.4, -0.2) is 28.4 Å². The van der Waals surface area contributed by atoms with Crippen LogP contribution in [0.5, 0.6) is 0 Å². The maximum Gasteiger partial charge on any atom is 1.00 e. The van der Waals surface area contributed by atoms with Crippen LogP contribution in [0.2, 0.25) is 0 Å². The van der Waals surface area contributed by atoms with Gasteiger partial charge < -0.3 is 20.1 Å². The number of carbonyl (C=O) groups is 1. The van der Waals surface area contributed by atoms with E-state index in [0.29, 0.717) is 0 Å². The molecule has 0 saturated heterocycles. The Morgan fingerprint density at radius 2 is 1.78 bits per heavy atom. The molecule has 0 spiro atoms. The molecule has 2 N–H and O–H groups in total. The predicted molar refractivity (Wildman–Crippen MR) is 116 cm³/mol. The molecular formula is C26H28FNaO4. The van der Waals surface area contributed by atoms with E-state index in [9.17, 15) is 24.5 Å². The molecule has 0 amide bonds. The molecule has 0 aromatic heterocycles. The van der Waals surface area contributed by atoms with Gasteiger partial charge in [0, 0.05) is 18.8 Å². The zero-order valence-corrected chi connectivity index (χ0v) is 20.8. The van der Waals surface area contributed by atoms with Gasteiger partial charge in [0.05, 0.1) is 12.2 Å². The number of carboxylic acids is 1. The maximum absolute atomic E-state index is 13.5. The molecule has 0 saturated carbocycles. The summed E-state index contributed by atoms with van der Waals surface area (Å²) in [5, 5.41) is 30.7. The molecule has 1 aliphatic rings. The third-order valence-corrected chi connectivity index (χ3v) is 6.09. The zero-order chi connectivity index (χ0) is 22.6. The molecule has 0 heterocycles. The molecule has 164 valence electrons. The normalized spacial score (nSPS) is 19.6. The minimum atomic E-state index is -1.35. The zero-order valence-electron chi connectivity index (χ0n) is 18.8. The van der Waals surface area contributed by atoms with Crippen molar-refractivity contribution in [3.8, 4) is 0 Å². The predicted octanol–water partition coefficient (Wildman–Crippen LogP) is 0.605. The van der Waals surface area contributed by atoms with Crippen LogP contribution in [0, 0.1) is 11.2 Å². The molecular weight excluding hydrogens is 418 g/mol. The fourth-order valence-electron chi connectivity index (χ4n) is 4.45. The fraction of sp³-hybridized carbons (Fsp3) is 0.346. The van der Waals surface area contributed by atoms with Gasteiger partial charge in [-0.1, -0.05) is 68.5 Å². The summed E-state index contributed by atoms with van der Waals surface area (Å²) in [6.45, 7) is 4.30. The number of aliphatic carboxylic acids is 1. The molecule has 3 atom stereocenters. The number of carboxylic acid groups (broad SMARTS) is 1. The van der Waals surface area contributed by atoms with Crippen LogP contribution in [0.25, 0.3) is 5.57 Å². The molecule has 32 heavy (non-hydrogen) atoms. The van der Waals surface area contributed by atoms with E-state index in [4.69, 9.17) is 0 Å². The minimum Gasteiger partial charge on any atom is -0.550 e. The smallest absolute Gasteiger partial charge is 0.550 e. The van der Waals surface area contributed by atoms with Crippen molar-refractivity contribution in [3.05, 3.63) is 89.3 Å². The summed E-state index contributed by atoms with van der Waals surface area (Å²) in [6, 6.07) is 16.6. The standard InChI is InChI=1S/C26H29FO4.Na/c1-26(2)23(13-12-20(28)14-21(29)15-25(30)31)22(17-8-10-19(27)11-9-17)16-24(26)18-6-4-3-5-7-18;/h3-13,20-21,24,28-29H,14-16H2,1-2H3,(H,30,31);/q;+1/p-1/b13-12+;. The molecule has 2 aromatic rings. The molecule has 0 radical (unpaired) electrons. The Kier molecular flexibility index (Phi) is 9.43. The number of hydrogen-bond donors (Lipinski definition) is 2. The number of allylic oxidation sites excluding steroid dienone is 3. The average molecular weight is 446 g/mol. The van der Waals surface area contributed by atoms with Gasteiger partial charge in [0.2, 0.25) is 0 Å². The Balaban J connectivity index is 0.00000363. The number of rotatable bonds is 8. The van der Waals surface area contributed by atoms with Crippen molar-refractivity contribution in [1.29, 1.82) is 0 Å². The maximum atomic E-state index is 13.5. The van der Waals surface area contributed by atoms with Crippen LogP contribution < -0.4 is 34.7 Å². The van der Waals surface area contributed by atoms with E-state index in [0.717, 1.165) is 23.1 Å². The van der Waals surface area contributed by atoms with Crippen molar-refractivity contribution in [2.75, 3.05) is 0 Å². The van der Waals surface area contributed by atoms with Crippen molar-refractivity contribution < 1.29 is 54.1 Å². The summed E-state index contributed by atoms with van der Waals surface area (Å²) in [5.41, 5.74) is 3.99. The molecule has 0 bridgehead atoms. The van der Waals surface area contributed by atoms with Crippen molar-refractivity contribution in [3.63, 3.8) is 0 Å². The van der Waals surface area contributed by atoms with Crippen LogP contribution in [0.1, 0.15) is 50.2 Å². The quantitative estimate of drug-likeness (QED) is 0.583. The van der Waals surface area contributed by atoms with Crippen molar-refractivity contribution in [1.82, 2.24) is 0 Å². The Morgan fingerprint density at radius 1 is 1.16 bits per heavy atom. The molecule has 4 nitrogen and oxygen atoms in total. The summed E-state index contributed by atoms with van der Waals surface area (Å²) < 4.78 is 13.5. The molecule has 3 unspecified atom stereocenters. The first-order chi connectivity index (χ1) is 14.7. The fourth-order valence-corrected chi connectivity index (χ4v) is 4.45. The SMILES string of the molecule is CC1(C)C(/C=C/C(O)CC(O)CC(=O)[O-])=C(c2ccc(F)cc2)CC1c1ccccc1.[Na+]. The number of carbonyl (C=O) groups excluding carboxylic acids is 1. The van der Waals surface area contributed by atoms with Crippen LogP contribution in [0.15, 0.2) is 72.3 Å². The Hall–Kier alpha value is -1.76. The first kappa shape index (κ1) is 26.5. The van der Waals surface area contributed by atoms with Gasteiger partial charge in [-0.3, -0.25) is 0 Å². The Morgan fingerprint density at radius 3 is 2.38 bits per heavy atom. The second-order valence-electron chi connectivity index (χ2n) is 8.68. The molecule has 0 fully saturated rings. The largest absolute Gasteiger partial charge is 1.00 e. The minimum absolute atomic E-state index is 0. The number of benzene rings is 2. The Labute approximate surface area is 210 Å². The van der Waals surface area contributed by atoms with E-state index >= 15 is 0 Å². The van der Waals surface area contributed by atoms with Crippen LogP contribution in [0.3, 0.4) is 0 Å². The van der Waals surface area contributed by atoms with Gasteiger partial charge in [0.15, 0.2) is 0 Å². The van der Waals surface area contributed by atoms with E-state index in [-0.39, 0.29) is 53.1 Å². The molecule has 2 aromatic carbocycles. The van der Waals surface area contributed by atoms with Crippen LogP contribution in [0.4, 0.5) is 4.39 Å². The summed E-state index contributed by atoms with van der Waals surface area (Å²) >= 11 is 0. The number of hydrogen-bond acceptors (Lipinski definition) is 4. The third kappa shape index (κ3) is 6.40. The summed E-state index contributed by atoms with van der Waals surface area (Å²) in [4.78, 5) is 10.6. The van der Waals surface area contributed by atoms with E-state index in [1.165, 1.54) is 17.7 Å². The molecule has 3 rings (SSSR count). The number of halogens is 1. The van der Waals surface area contributed by atoms with E-state index in [2.05, 4.69) is 26.0 Å². The Bertz CT molecular complexity index is 967. The van der Waals surface area contributed by atoms with Crippen LogP contribution in [-0.2, 0) is 4.79 Å². The second kappa shape index (κ2) is 11.4. The third-order valence-electron chi connectivity index (χ3n) is 6.09. The summed E-state index contributed by atoms with van der Waals surface area (Å²) in [6.07, 6.45) is 1.44. The van der Waals surface area contributed by atoms with E-state index in [1.807, 2.05) is 24.3 Å². The van der Waals surface area contributed by atoms with E-state index < -0.39 is 24.6 Å². The van der Waals surface area contributed by atoms with Crippen molar-refractivity contribution >= 4 is 11.5 Å². The average Bonchev–Trinajstić information content (AvgIpc) is 2.97. The molecule has 1 aliphatic carbocycles. The molecule has 6 heteroatoms.